The maximum atomic E-state index is 11.7. The fraction of sp³-hybridized carbons (Fsp3) is 0.500. The first-order chi connectivity index (χ1) is 11.8. The first-order valence-corrected chi connectivity index (χ1v) is 9.00. The van der Waals surface area contributed by atoms with Crippen LogP contribution in [0.1, 0.15) is 25.5 Å². The van der Waals surface area contributed by atoms with Crippen LogP contribution in [0.3, 0.4) is 0 Å². The summed E-state index contributed by atoms with van der Waals surface area (Å²) in [4.78, 5) is 26.4. The Hall–Kier alpha value is -2.06. The van der Waals surface area contributed by atoms with Crippen LogP contribution in [-0.4, -0.2) is 51.7 Å². The predicted octanol–water partition coefficient (Wildman–Crippen LogP) is 2.31. The van der Waals surface area contributed by atoms with Gasteiger partial charge < -0.3 is 15.0 Å². The second kappa shape index (κ2) is 8.16. The van der Waals surface area contributed by atoms with Crippen molar-refractivity contribution in [3.63, 3.8) is 0 Å². The summed E-state index contributed by atoms with van der Waals surface area (Å²) in [6.07, 6.45) is 6.71. The molecule has 3 rings (SSSR count). The number of piperidine rings is 1. The summed E-state index contributed by atoms with van der Waals surface area (Å²) in [5.74, 6) is 0. The second-order valence-electron chi connectivity index (χ2n) is 5.58. The summed E-state index contributed by atoms with van der Waals surface area (Å²) in [5.41, 5.74) is 1.81. The predicted molar refractivity (Wildman–Crippen MR) is 91.6 cm³/mol. The smallest absolute Gasteiger partial charge is 0.409 e. The van der Waals surface area contributed by atoms with Gasteiger partial charge in [-0.15, -0.1) is 11.3 Å². The molecule has 1 fully saturated rings. The van der Waals surface area contributed by atoms with E-state index in [0.717, 1.165) is 48.9 Å². The van der Waals surface area contributed by atoms with Gasteiger partial charge in [0.1, 0.15) is 10.7 Å². The number of nitrogens with one attached hydrogen (secondary N) is 1. The van der Waals surface area contributed by atoms with Gasteiger partial charge in [0, 0.05) is 43.4 Å². The van der Waals surface area contributed by atoms with Crippen LogP contribution < -0.4 is 5.32 Å². The molecule has 7 nitrogen and oxygen atoms in total. The van der Waals surface area contributed by atoms with Gasteiger partial charge in [-0.2, -0.15) is 0 Å². The number of carbonyl (C=O) groups excluding carboxylic acids is 1. The van der Waals surface area contributed by atoms with E-state index in [0.29, 0.717) is 12.6 Å². The number of aromatic nitrogens is 3. The average Bonchev–Trinajstić information content (AvgIpc) is 3.10. The summed E-state index contributed by atoms with van der Waals surface area (Å²) in [6, 6.07) is 0.400. The standard InChI is InChI=1S/C16H21N5O2S/c1-2-23-16(22)21-7-3-12(4-8-21)19-9-13-11-24-15(20-13)14-10-17-5-6-18-14/h5-6,10-12,19H,2-4,7-9H2,1H3. The molecule has 0 radical (unpaired) electrons. The normalized spacial score (nSPS) is 15.5. The molecule has 8 heteroatoms. The lowest BCUT2D eigenvalue weighted by Gasteiger charge is -2.31. The van der Waals surface area contributed by atoms with Gasteiger partial charge in [0.25, 0.3) is 0 Å². The number of nitrogens with zero attached hydrogens (tertiary/aromatic N) is 4. The average molecular weight is 347 g/mol. The van der Waals surface area contributed by atoms with Gasteiger partial charge >= 0.3 is 6.09 Å². The molecule has 1 aliphatic heterocycles. The number of ether oxygens (including phenoxy) is 1. The molecule has 24 heavy (non-hydrogen) atoms. The van der Waals surface area contributed by atoms with Gasteiger partial charge in [-0.05, 0) is 19.8 Å². The molecule has 1 N–H and O–H groups in total. The maximum Gasteiger partial charge on any atom is 0.409 e. The minimum atomic E-state index is -0.205. The summed E-state index contributed by atoms with van der Waals surface area (Å²) in [6.45, 7) is 4.45. The lowest BCUT2D eigenvalue weighted by atomic mass is 10.1. The maximum absolute atomic E-state index is 11.7. The number of carbonyl (C=O) groups is 1. The highest BCUT2D eigenvalue weighted by molar-refractivity contribution is 7.13. The van der Waals surface area contributed by atoms with Gasteiger partial charge in [0.2, 0.25) is 0 Å². The van der Waals surface area contributed by atoms with Crippen LogP contribution in [-0.2, 0) is 11.3 Å². The Morgan fingerprint density at radius 1 is 1.42 bits per heavy atom. The molecule has 3 heterocycles. The van der Waals surface area contributed by atoms with Crippen LogP contribution in [0.15, 0.2) is 24.0 Å². The SMILES string of the molecule is CCOC(=O)N1CCC(NCc2csc(-c3cnccn3)n2)CC1. The van der Waals surface area contributed by atoms with E-state index < -0.39 is 0 Å². The summed E-state index contributed by atoms with van der Waals surface area (Å²) >= 11 is 1.58. The van der Waals surface area contributed by atoms with Crippen molar-refractivity contribution in [2.75, 3.05) is 19.7 Å². The Morgan fingerprint density at radius 3 is 2.96 bits per heavy atom. The van der Waals surface area contributed by atoms with Crippen molar-refractivity contribution < 1.29 is 9.53 Å². The fourth-order valence-electron chi connectivity index (χ4n) is 2.65. The lowest BCUT2D eigenvalue weighted by molar-refractivity contribution is 0.0950. The van der Waals surface area contributed by atoms with Crippen molar-refractivity contribution >= 4 is 17.4 Å². The zero-order chi connectivity index (χ0) is 16.8. The molecule has 0 aromatic carbocycles. The molecule has 0 unspecified atom stereocenters. The highest BCUT2D eigenvalue weighted by atomic mass is 32.1. The number of amides is 1. The fourth-order valence-corrected chi connectivity index (χ4v) is 3.43. The van der Waals surface area contributed by atoms with Gasteiger partial charge in [-0.1, -0.05) is 0 Å². The first kappa shape index (κ1) is 16.8. The van der Waals surface area contributed by atoms with E-state index in [4.69, 9.17) is 4.74 Å². The molecular weight excluding hydrogens is 326 g/mol. The van der Waals surface area contributed by atoms with Gasteiger partial charge in [0.15, 0.2) is 0 Å². The topological polar surface area (TPSA) is 80.2 Å². The van der Waals surface area contributed by atoms with Crippen LogP contribution in [0.2, 0.25) is 0 Å². The zero-order valence-electron chi connectivity index (χ0n) is 13.6. The van der Waals surface area contributed by atoms with Crippen LogP contribution in [0, 0.1) is 0 Å². The molecule has 0 spiro atoms. The molecule has 1 saturated heterocycles. The third kappa shape index (κ3) is 4.27. The second-order valence-corrected chi connectivity index (χ2v) is 6.43. The highest BCUT2D eigenvalue weighted by Crippen LogP contribution is 2.21. The van der Waals surface area contributed by atoms with Gasteiger partial charge in [-0.25, -0.2) is 9.78 Å². The van der Waals surface area contributed by atoms with Crippen molar-refractivity contribution in [1.82, 2.24) is 25.2 Å². The van der Waals surface area contributed by atoms with Crippen LogP contribution in [0.5, 0.6) is 0 Å². The number of hydrogen-bond acceptors (Lipinski definition) is 7. The van der Waals surface area contributed by atoms with E-state index in [1.165, 1.54) is 0 Å². The van der Waals surface area contributed by atoms with Crippen molar-refractivity contribution in [2.24, 2.45) is 0 Å². The van der Waals surface area contributed by atoms with Crippen LogP contribution in [0.25, 0.3) is 10.7 Å². The molecule has 0 saturated carbocycles. The summed E-state index contributed by atoms with van der Waals surface area (Å²) in [7, 11) is 0. The van der Waals surface area contributed by atoms with E-state index >= 15 is 0 Å². The summed E-state index contributed by atoms with van der Waals surface area (Å²) < 4.78 is 5.04. The van der Waals surface area contributed by atoms with Crippen molar-refractivity contribution in [3.05, 3.63) is 29.7 Å². The monoisotopic (exact) mass is 347 g/mol. The third-order valence-corrected chi connectivity index (χ3v) is 4.84. The van der Waals surface area contributed by atoms with Gasteiger partial charge in [0.05, 0.1) is 18.5 Å². The number of likely N-dealkylation sites (tertiary alicyclic amines) is 1. The van der Waals surface area contributed by atoms with E-state index in [1.807, 2.05) is 12.3 Å². The summed E-state index contributed by atoms with van der Waals surface area (Å²) in [5, 5.41) is 6.46. The molecule has 0 atom stereocenters. The molecule has 1 aliphatic rings. The molecule has 1 amide bonds. The van der Waals surface area contributed by atoms with E-state index in [2.05, 4.69) is 20.3 Å². The number of rotatable bonds is 5. The number of thiazole rings is 1. The Balaban J connectivity index is 1.46. The Morgan fingerprint density at radius 2 is 2.25 bits per heavy atom. The molecule has 0 bridgehead atoms. The number of hydrogen-bond donors (Lipinski definition) is 1. The Kier molecular flexibility index (Phi) is 5.71. The highest BCUT2D eigenvalue weighted by Gasteiger charge is 2.23. The molecular formula is C16H21N5O2S. The molecule has 2 aromatic heterocycles. The quantitative estimate of drug-likeness (QED) is 0.894. The molecule has 0 aliphatic carbocycles. The van der Waals surface area contributed by atoms with E-state index in [-0.39, 0.29) is 6.09 Å². The van der Waals surface area contributed by atoms with Crippen LogP contribution >= 0.6 is 11.3 Å². The van der Waals surface area contributed by atoms with Crippen molar-refractivity contribution in [1.29, 1.82) is 0 Å². The Bertz CT molecular complexity index is 655. The largest absolute Gasteiger partial charge is 0.450 e. The minimum absolute atomic E-state index is 0.205. The third-order valence-electron chi connectivity index (χ3n) is 3.93. The van der Waals surface area contributed by atoms with Gasteiger partial charge in [-0.3, -0.25) is 9.97 Å². The van der Waals surface area contributed by atoms with Crippen molar-refractivity contribution in [2.45, 2.75) is 32.4 Å². The van der Waals surface area contributed by atoms with Crippen molar-refractivity contribution in [3.8, 4) is 10.7 Å². The minimum Gasteiger partial charge on any atom is -0.450 e. The van der Waals surface area contributed by atoms with E-state index in [9.17, 15) is 4.79 Å². The van der Waals surface area contributed by atoms with E-state index in [1.54, 1.807) is 34.8 Å². The first-order valence-electron chi connectivity index (χ1n) is 8.12. The Labute approximate surface area is 145 Å². The van der Waals surface area contributed by atoms with Crippen LogP contribution in [0.4, 0.5) is 4.79 Å². The lowest BCUT2D eigenvalue weighted by Crippen LogP contribution is -2.44. The molecule has 128 valence electrons. The molecule has 2 aromatic rings. The zero-order valence-corrected chi connectivity index (χ0v) is 14.5.